The predicted molar refractivity (Wildman–Crippen MR) is 95.0 cm³/mol. The molecule has 1 amide bonds. The van der Waals surface area contributed by atoms with Crippen molar-refractivity contribution in [1.82, 2.24) is 5.43 Å². The van der Waals surface area contributed by atoms with Gasteiger partial charge >= 0.3 is 5.97 Å². The molecule has 1 aliphatic rings. The van der Waals surface area contributed by atoms with Gasteiger partial charge in [0.05, 0.1) is 24.0 Å². The first kappa shape index (κ1) is 19.6. The highest BCUT2D eigenvalue weighted by Gasteiger charge is 2.45. The zero-order valence-corrected chi connectivity index (χ0v) is 14.9. The Hall–Kier alpha value is -2.72. The molecular formula is C19H23N3O4. The van der Waals surface area contributed by atoms with E-state index in [0.29, 0.717) is 12.1 Å². The lowest BCUT2D eigenvalue weighted by molar-refractivity contribution is -0.147. The second-order valence-electron chi connectivity index (χ2n) is 6.60. The molecule has 3 unspecified atom stereocenters. The number of hydrazone groups is 1. The Kier molecular flexibility index (Phi) is 6.47. The van der Waals surface area contributed by atoms with Crippen LogP contribution in [0.15, 0.2) is 35.4 Å². The molecule has 0 spiro atoms. The number of aliphatic hydroxyl groups is 1. The van der Waals surface area contributed by atoms with Gasteiger partial charge in [-0.3, -0.25) is 9.59 Å². The van der Waals surface area contributed by atoms with Gasteiger partial charge in [-0.05, 0) is 25.8 Å². The third-order valence-electron chi connectivity index (χ3n) is 4.32. The molecule has 0 aromatic heterocycles. The molecule has 7 nitrogen and oxygen atoms in total. The molecule has 0 radical (unpaired) electrons. The summed E-state index contributed by atoms with van der Waals surface area (Å²) in [5, 5.41) is 23.3. The van der Waals surface area contributed by atoms with Crippen molar-refractivity contribution in [2.75, 3.05) is 6.61 Å². The SMILES string of the molecule is CCOC(=O)C1/C(=N/NC(=O)CC#N)CC(C)(O)CC1c1ccccc1. The van der Waals surface area contributed by atoms with Crippen LogP contribution < -0.4 is 5.43 Å². The molecule has 26 heavy (non-hydrogen) atoms. The van der Waals surface area contributed by atoms with Gasteiger partial charge in [-0.25, -0.2) is 5.43 Å². The molecule has 3 atom stereocenters. The number of amides is 1. The molecule has 0 aliphatic heterocycles. The summed E-state index contributed by atoms with van der Waals surface area (Å²) in [6.07, 6.45) is 0.164. The van der Waals surface area contributed by atoms with E-state index in [9.17, 15) is 14.7 Å². The summed E-state index contributed by atoms with van der Waals surface area (Å²) >= 11 is 0. The van der Waals surface area contributed by atoms with Gasteiger partial charge in [-0.2, -0.15) is 10.4 Å². The van der Waals surface area contributed by atoms with Crippen molar-refractivity contribution in [3.63, 3.8) is 0 Å². The minimum absolute atomic E-state index is 0.132. The van der Waals surface area contributed by atoms with E-state index in [1.54, 1.807) is 19.9 Å². The summed E-state index contributed by atoms with van der Waals surface area (Å²) in [6.45, 7) is 3.62. The predicted octanol–water partition coefficient (Wildman–Crippen LogP) is 1.88. The fourth-order valence-electron chi connectivity index (χ4n) is 3.29. The average Bonchev–Trinajstić information content (AvgIpc) is 2.60. The van der Waals surface area contributed by atoms with Crippen LogP contribution in [0.5, 0.6) is 0 Å². The second-order valence-corrected chi connectivity index (χ2v) is 6.60. The van der Waals surface area contributed by atoms with Crippen molar-refractivity contribution in [2.45, 2.75) is 44.6 Å². The molecule has 1 aromatic carbocycles. The van der Waals surface area contributed by atoms with E-state index in [1.807, 2.05) is 30.3 Å². The normalized spacial score (nSPS) is 26.8. The molecule has 1 aliphatic carbocycles. The number of hydrogen-bond donors (Lipinski definition) is 2. The Labute approximate surface area is 152 Å². The molecule has 2 N–H and O–H groups in total. The number of ether oxygens (including phenoxy) is 1. The first-order chi connectivity index (χ1) is 12.4. The quantitative estimate of drug-likeness (QED) is 0.617. The van der Waals surface area contributed by atoms with Crippen molar-refractivity contribution in [1.29, 1.82) is 5.26 Å². The lowest BCUT2D eigenvalue weighted by Gasteiger charge is -2.39. The Morgan fingerprint density at radius 1 is 1.42 bits per heavy atom. The Morgan fingerprint density at radius 2 is 2.12 bits per heavy atom. The number of benzene rings is 1. The zero-order chi connectivity index (χ0) is 19.2. The number of hydrogen-bond acceptors (Lipinski definition) is 6. The van der Waals surface area contributed by atoms with Gasteiger partial charge in [0.1, 0.15) is 12.3 Å². The van der Waals surface area contributed by atoms with Crippen LogP contribution in [-0.4, -0.2) is 34.9 Å². The number of carbonyl (C=O) groups excluding carboxylic acids is 2. The van der Waals surface area contributed by atoms with Gasteiger partial charge in [0.2, 0.25) is 0 Å². The van der Waals surface area contributed by atoms with E-state index in [4.69, 9.17) is 10.00 Å². The fourth-order valence-corrected chi connectivity index (χ4v) is 3.29. The number of nitriles is 1. The molecule has 7 heteroatoms. The first-order valence-electron chi connectivity index (χ1n) is 8.54. The maximum atomic E-state index is 12.6. The van der Waals surface area contributed by atoms with E-state index >= 15 is 0 Å². The average molecular weight is 357 g/mol. The maximum Gasteiger partial charge on any atom is 0.315 e. The highest BCUT2D eigenvalue weighted by atomic mass is 16.5. The lowest BCUT2D eigenvalue weighted by Crippen LogP contribution is -2.46. The molecular weight excluding hydrogens is 334 g/mol. The maximum absolute atomic E-state index is 12.6. The van der Waals surface area contributed by atoms with Gasteiger partial charge < -0.3 is 9.84 Å². The summed E-state index contributed by atoms with van der Waals surface area (Å²) in [5.74, 6) is -2.04. The van der Waals surface area contributed by atoms with E-state index < -0.39 is 23.4 Å². The van der Waals surface area contributed by atoms with Gasteiger partial charge in [-0.15, -0.1) is 0 Å². The highest BCUT2D eigenvalue weighted by molar-refractivity contribution is 6.04. The van der Waals surface area contributed by atoms with Gasteiger partial charge in [0.15, 0.2) is 0 Å². The van der Waals surface area contributed by atoms with Crippen LogP contribution in [0, 0.1) is 17.2 Å². The minimum atomic E-state index is -1.08. The van der Waals surface area contributed by atoms with Crippen LogP contribution in [0.2, 0.25) is 0 Å². The van der Waals surface area contributed by atoms with Crippen molar-refractivity contribution < 1.29 is 19.4 Å². The van der Waals surface area contributed by atoms with Crippen LogP contribution in [0.25, 0.3) is 0 Å². The summed E-state index contributed by atoms with van der Waals surface area (Å²) < 4.78 is 5.22. The minimum Gasteiger partial charge on any atom is -0.465 e. The number of esters is 1. The van der Waals surface area contributed by atoms with Crippen LogP contribution in [0.4, 0.5) is 0 Å². The summed E-state index contributed by atoms with van der Waals surface area (Å²) in [6, 6.07) is 11.1. The summed E-state index contributed by atoms with van der Waals surface area (Å²) in [4.78, 5) is 24.2. The van der Waals surface area contributed by atoms with Crippen LogP contribution in [-0.2, 0) is 14.3 Å². The molecule has 0 heterocycles. The third-order valence-corrected chi connectivity index (χ3v) is 4.32. The standard InChI is InChI=1S/C19H23N3O4/c1-3-26-18(24)17-14(13-7-5-4-6-8-13)11-19(2,25)12-15(17)21-22-16(23)9-10-20/h4-8,14,17,25H,3,9,11-12H2,1-2H3,(H,22,23)/b21-15+. The van der Waals surface area contributed by atoms with Crippen LogP contribution >= 0.6 is 0 Å². The molecule has 2 rings (SSSR count). The number of nitrogens with one attached hydrogen (secondary N) is 1. The fraction of sp³-hybridized carbons (Fsp3) is 0.474. The Bertz CT molecular complexity index is 722. The van der Waals surface area contributed by atoms with E-state index in [-0.39, 0.29) is 25.4 Å². The molecule has 1 saturated carbocycles. The third kappa shape index (κ3) is 4.90. The van der Waals surface area contributed by atoms with Crippen LogP contribution in [0.1, 0.15) is 44.6 Å². The van der Waals surface area contributed by atoms with Gasteiger partial charge in [0.25, 0.3) is 5.91 Å². The monoisotopic (exact) mass is 357 g/mol. The van der Waals surface area contributed by atoms with Gasteiger partial charge in [0, 0.05) is 12.3 Å². The van der Waals surface area contributed by atoms with Gasteiger partial charge in [-0.1, -0.05) is 30.3 Å². The highest BCUT2D eigenvalue weighted by Crippen LogP contribution is 2.41. The van der Waals surface area contributed by atoms with Crippen molar-refractivity contribution in [2.24, 2.45) is 11.0 Å². The second kappa shape index (κ2) is 8.59. The number of nitrogens with zero attached hydrogens (tertiary/aromatic N) is 2. The lowest BCUT2D eigenvalue weighted by atomic mass is 9.68. The molecule has 0 saturated heterocycles. The van der Waals surface area contributed by atoms with E-state index in [1.165, 1.54) is 0 Å². The Balaban J connectivity index is 2.41. The number of rotatable bonds is 5. The Morgan fingerprint density at radius 3 is 2.73 bits per heavy atom. The zero-order valence-electron chi connectivity index (χ0n) is 14.9. The molecule has 138 valence electrons. The topological polar surface area (TPSA) is 112 Å². The van der Waals surface area contributed by atoms with E-state index in [2.05, 4.69) is 10.5 Å². The van der Waals surface area contributed by atoms with E-state index in [0.717, 1.165) is 5.56 Å². The summed E-state index contributed by atoms with van der Waals surface area (Å²) in [7, 11) is 0. The molecule has 1 fully saturated rings. The summed E-state index contributed by atoms with van der Waals surface area (Å²) in [5.41, 5.74) is 2.45. The number of carbonyl (C=O) groups is 2. The van der Waals surface area contributed by atoms with Crippen LogP contribution in [0.3, 0.4) is 0 Å². The smallest absolute Gasteiger partial charge is 0.315 e. The first-order valence-corrected chi connectivity index (χ1v) is 8.54. The van der Waals surface area contributed by atoms with Crippen molar-refractivity contribution >= 4 is 17.6 Å². The van der Waals surface area contributed by atoms with Crippen molar-refractivity contribution in [3.05, 3.63) is 35.9 Å². The largest absolute Gasteiger partial charge is 0.465 e. The van der Waals surface area contributed by atoms with Crippen molar-refractivity contribution in [3.8, 4) is 6.07 Å². The molecule has 1 aromatic rings. The molecule has 0 bridgehead atoms.